The highest BCUT2D eigenvalue weighted by Gasteiger charge is 2.11. The van der Waals surface area contributed by atoms with Crippen molar-refractivity contribution in [1.29, 1.82) is 0 Å². The van der Waals surface area contributed by atoms with Crippen LogP contribution in [0.5, 0.6) is 0 Å². The third-order valence-electron chi connectivity index (χ3n) is 1.37. The van der Waals surface area contributed by atoms with Crippen LogP contribution >= 0.6 is 7.82 Å². The summed E-state index contributed by atoms with van der Waals surface area (Å²) in [6.07, 6.45) is 0.886. The number of carbonyl (C=O) groups is 1. The average molecular weight is 258 g/mol. The van der Waals surface area contributed by atoms with Crippen LogP contribution in [0.15, 0.2) is 0 Å². The molecule has 7 nitrogen and oxygen atoms in total. The molecule has 8 heteroatoms. The minimum Gasteiger partial charge on any atom is -0.362 e. The molecule has 0 unspecified atom stereocenters. The smallest absolute Gasteiger partial charge is 0.362 e. The van der Waals surface area contributed by atoms with Gasteiger partial charge in [0.25, 0.3) is 0 Å². The molecule has 4 N–H and O–H groups in total. The maximum absolute atomic E-state index is 10.1. The summed E-state index contributed by atoms with van der Waals surface area (Å²) >= 11 is 0. The van der Waals surface area contributed by atoms with Crippen molar-refractivity contribution in [1.82, 2.24) is 0 Å². The fraction of sp³-hybridized carbons (Fsp3) is 0.875. The first-order valence-corrected chi connectivity index (χ1v) is 6.30. The first-order chi connectivity index (χ1) is 7.20. The van der Waals surface area contributed by atoms with Gasteiger partial charge in [-0.05, 0) is 13.3 Å². The summed E-state index contributed by atoms with van der Waals surface area (Å²) in [5.41, 5.74) is 0. The Hall–Kier alpha value is -0.300. The molecule has 0 rings (SSSR count). The molecule has 0 saturated heterocycles. The first-order valence-electron chi connectivity index (χ1n) is 4.77. The van der Waals surface area contributed by atoms with Gasteiger partial charge in [0.05, 0.1) is 6.61 Å². The van der Waals surface area contributed by atoms with E-state index in [1.54, 1.807) is 0 Å². The number of unbranched alkanes of at least 4 members (excludes halogenated alkanes) is 2. The number of carbonyl (C=O) groups excluding carboxylic acids is 1. The maximum Gasteiger partial charge on any atom is 0.469 e. The number of ketones is 1. The van der Waals surface area contributed by atoms with Crippen LogP contribution in [0.1, 0.15) is 33.1 Å². The van der Waals surface area contributed by atoms with Gasteiger partial charge in [-0.15, -0.1) is 0 Å². The van der Waals surface area contributed by atoms with E-state index in [1.165, 1.54) is 0 Å². The topological polar surface area (TPSA) is 124 Å². The Kier molecular flexibility index (Phi) is 11.2. The second kappa shape index (κ2) is 9.89. The monoisotopic (exact) mass is 258 g/mol. The summed E-state index contributed by atoms with van der Waals surface area (Å²) in [5.74, 6) is -0.630. The van der Waals surface area contributed by atoms with E-state index in [0.717, 1.165) is 19.8 Å². The van der Waals surface area contributed by atoms with Gasteiger partial charge in [-0.2, -0.15) is 0 Å². The molecule has 0 fully saturated rings. The zero-order valence-electron chi connectivity index (χ0n) is 9.37. The largest absolute Gasteiger partial charge is 0.469 e. The van der Waals surface area contributed by atoms with Gasteiger partial charge in [-0.1, -0.05) is 19.8 Å². The highest BCUT2D eigenvalue weighted by molar-refractivity contribution is 7.46. The number of phosphoric acid groups is 1. The first kappa shape index (κ1) is 18.1. The van der Waals surface area contributed by atoms with Crippen molar-refractivity contribution in [2.45, 2.75) is 39.4 Å². The van der Waals surface area contributed by atoms with E-state index in [9.17, 15) is 9.36 Å². The molecule has 16 heavy (non-hydrogen) atoms. The van der Waals surface area contributed by atoms with Crippen molar-refractivity contribution in [3.8, 4) is 0 Å². The number of Topliss-reactive ketones (excluding diaryl/α,β-unsaturated/α-hetero) is 1. The molecule has 0 amide bonds. The van der Waals surface area contributed by atoms with Crippen LogP contribution in [0, 0.1) is 0 Å². The van der Waals surface area contributed by atoms with Crippen molar-refractivity contribution in [2.24, 2.45) is 0 Å². The van der Waals surface area contributed by atoms with Gasteiger partial charge in [-0.25, -0.2) is 4.57 Å². The number of aliphatic hydroxyl groups excluding tert-OH is 1. The van der Waals surface area contributed by atoms with Crippen LogP contribution in [0.3, 0.4) is 0 Å². The number of phosphoric ester groups is 1. The fourth-order valence-electron chi connectivity index (χ4n) is 0.536. The molecule has 0 atom stereocenters. The molecule has 0 aliphatic rings. The highest BCUT2D eigenvalue weighted by atomic mass is 31.2. The van der Waals surface area contributed by atoms with Gasteiger partial charge in [0.15, 0.2) is 5.78 Å². The standard InChI is InChI=1S/C5H13O4P.C3H6O3/c1-2-3-4-5-9-10(6,7)8;1-2(4)3(5)6/h2-5H2,1H3,(H2,6,7,8);3,5-6H,1H3. The van der Waals surface area contributed by atoms with Gasteiger partial charge in [-0.3, -0.25) is 9.32 Å². The number of aliphatic hydroxyl groups is 2. The molecule has 0 aromatic rings. The molecule has 98 valence electrons. The quantitative estimate of drug-likeness (QED) is 0.304. The normalized spacial score (nSPS) is 10.9. The molecule has 0 bridgehead atoms. The van der Waals surface area contributed by atoms with E-state index in [-0.39, 0.29) is 6.61 Å². The van der Waals surface area contributed by atoms with Crippen LogP contribution in [0.2, 0.25) is 0 Å². The van der Waals surface area contributed by atoms with Gasteiger partial charge in [0.1, 0.15) is 0 Å². The van der Waals surface area contributed by atoms with Crippen molar-refractivity contribution >= 4 is 13.6 Å². The van der Waals surface area contributed by atoms with Gasteiger partial charge in [0.2, 0.25) is 6.29 Å². The van der Waals surface area contributed by atoms with E-state index in [0.29, 0.717) is 6.42 Å². The SMILES string of the molecule is CC(=O)C(O)O.CCCCCOP(=O)(O)O. The van der Waals surface area contributed by atoms with Crippen molar-refractivity contribution in [3.05, 3.63) is 0 Å². The number of rotatable bonds is 6. The maximum atomic E-state index is 10.1. The zero-order chi connectivity index (χ0) is 13.2. The van der Waals surface area contributed by atoms with Crippen molar-refractivity contribution < 1.29 is 33.9 Å². The van der Waals surface area contributed by atoms with Gasteiger partial charge in [0, 0.05) is 0 Å². The minimum atomic E-state index is -4.21. The Labute approximate surface area is 94.3 Å². The molecule has 0 aliphatic carbocycles. The van der Waals surface area contributed by atoms with Crippen LogP contribution in [0.4, 0.5) is 0 Å². The van der Waals surface area contributed by atoms with E-state index < -0.39 is 19.9 Å². The molecular weight excluding hydrogens is 239 g/mol. The predicted octanol–water partition coefficient (Wildman–Crippen LogP) is 0.172. The Bertz CT molecular complexity index is 222. The number of hydrogen-bond acceptors (Lipinski definition) is 5. The Morgan fingerprint density at radius 1 is 1.31 bits per heavy atom. The zero-order valence-corrected chi connectivity index (χ0v) is 10.3. The van der Waals surface area contributed by atoms with E-state index in [1.807, 2.05) is 6.92 Å². The summed E-state index contributed by atoms with van der Waals surface area (Å²) < 4.78 is 14.3. The molecule has 0 radical (unpaired) electrons. The average Bonchev–Trinajstić information content (AvgIpc) is 2.12. The van der Waals surface area contributed by atoms with Crippen LogP contribution < -0.4 is 0 Å². The van der Waals surface area contributed by atoms with E-state index in [2.05, 4.69) is 4.52 Å². The van der Waals surface area contributed by atoms with E-state index >= 15 is 0 Å². The molecule has 0 aromatic heterocycles. The molecule has 0 saturated carbocycles. The molecule has 0 spiro atoms. The second-order valence-corrected chi connectivity index (χ2v) is 4.25. The third-order valence-corrected chi connectivity index (χ3v) is 1.89. The molecular formula is C8H19O7P. The lowest BCUT2D eigenvalue weighted by Gasteiger charge is -2.02. The van der Waals surface area contributed by atoms with Crippen molar-refractivity contribution in [3.63, 3.8) is 0 Å². The summed E-state index contributed by atoms with van der Waals surface area (Å²) in [7, 11) is -4.21. The van der Waals surface area contributed by atoms with Crippen LogP contribution in [-0.4, -0.2) is 38.7 Å². The molecule has 0 aromatic carbocycles. The molecule has 0 aliphatic heterocycles. The minimum absolute atomic E-state index is 0.151. The second-order valence-electron chi connectivity index (χ2n) is 3.02. The van der Waals surface area contributed by atoms with Crippen LogP contribution in [-0.2, 0) is 13.9 Å². The highest BCUT2D eigenvalue weighted by Crippen LogP contribution is 2.35. The summed E-state index contributed by atoms with van der Waals surface area (Å²) in [5, 5.41) is 15.7. The summed E-state index contributed by atoms with van der Waals surface area (Å²) in [6, 6.07) is 0. The lowest BCUT2D eigenvalue weighted by atomic mass is 10.3. The summed E-state index contributed by atoms with van der Waals surface area (Å²) in [4.78, 5) is 26.1. The third kappa shape index (κ3) is 19.3. The van der Waals surface area contributed by atoms with Gasteiger partial charge < -0.3 is 20.0 Å². The Morgan fingerprint density at radius 2 is 1.75 bits per heavy atom. The lowest BCUT2D eigenvalue weighted by Crippen LogP contribution is -2.14. The van der Waals surface area contributed by atoms with E-state index in [4.69, 9.17) is 20.0 Å². The van der Waals surface area contributed by atoms with Gasteiger partial charge >= 0.3 is 7.82 Å². The Balaban J connectivity index is 0. The Morgan fingerprint density at radius 3 is 2.00 bits per heavy atom. The molecule has 0 heterocycles. The number of hydrogen-bond donors (Lipinski definition) is 4. The summed E-state index contributed by atoms with van der Waals surface area (Å²) in [6.45, 7) is 3.26. The van der Waals surface area contributed by atoms with Crippen LogP contribution in [0.25, 0.3) is 0 Å². The predicted molar refractivity (Wildman–Crippen MR) is 56.4 cm³/mol. The lowest BCUT2D eigenvalue weighted by molar-refractivity contribution is -0.142. The fourth-order valence-corrected chi connectivity index (χ4v) is 0.902. The van der Waals surface area contributed by atoms with Crippen molar-refractivity contribution in [2.75, 3.05) is 6.61 Å².